The molecule has 0 heterocycles. The topological polar surface area (TPSA) is 75.4 Å². The summed E-state index contributed by atoms with van der Waals surface area (Å²) < 4.78 is 13.0. The van der Waals surface area contributed by atoms with Crippen LogP contribution in [0.15, 0.2) is 36.4 Å². The van der Waals surface area contributed by atoms with Crippen molar-refractivity contribution < 1.29 is 14.3 Å². The van der Waals surface area contributed by atoms with Gasteiger partial charge in [0.25, 0.3) is 5.91 Å². The molecule has 0 saturated carbocycles. The largest absolute Gasteiger partial charge is 0.505 e. The van der Waals surface area contributed by atoms with Crippen LogP contribution in [-0.2, 0) is 6.42 Å². The van der Waals surface area contributed by atoms with Crippen LogP contribution in [0.1, 0.15) is 21.5 Å². The molecule has 0 atom stereocenters. The monoisotopic (exact) mass is 288 g/mol. The molecule has 0 unspecified atom stereocenters. The number of nitrogen functional groups attached to an aromatic ring is 1. The second-order valence-corrected chi connectivity index (χ2v) is 4.82. The van der Waals surface area contributed by atoms with E-state index in [2.05, 4.69) is 5.32 Å². The number of phenolic OH excluding ortho intramolecular Hbond substituents is 1. The Kier molecular flexibility index (Phi) is 4.42. The number of aromatic hydroxyl groups is 1. The number of aryl methyl sites for hydroxylation is 1. The molecule has 0 saturated heterocycles. The van der Waals surface area contributed by atoms with Crippen molar-refractivity contribution in [1.29, 1.82) is 0 Å². The summed E-state index contributed by atoms with van der Waals surface area (Å²) in [5.41, 5.74) is 7.66. The average molecular weight is 288 g/mol. The highest BCUT2D eigenvalue weighted by Gasteiger charge is 2.12. The van der Waals surface area contributed by atoms with Gasteiger partial charge in [0.1, 0.15) is 5.82 Å². The zero-order valence-corrected chi connectivity index (χ0v) is 11.7. The summed E-state index contributed by atoms with van der Waals surface area (Å²) >= 11 is 0. The molecule has 1 amide bonds. The summed E-state index contributed by atoms with van der Waals surface area (Å²) in [6.07, 6.45) is 0.584. The molecule has 0 aliphatic rings. The fourth-order valence-electron chi connectivity index (χ4n) is 2.09. The molecular weight excluding hydrogens is 271 g/mol. The van der Waals surface area contributed by atoms with Crippen LogP contribution in [0.3, 0.4) is 0 Å². The minimum atomic E-state index is -0.389. The Morgan fingerprint density at radius 3 is 2.81 bits per heavy atom. The molecule has 0 aliphatic heterocycles. The summed E-state index contributed by atoms with van der Waals surface area (Å²) in [5, 5.41) is 12.4. The van der Waals surface area contributed by atoms with Gasteiger partial charge in [-0.3, -0.25) is 4.79 Å². The molecule has 0 aromatic heterocycles. The van der Waals surface area contributed by atoms with Gasteiger partial charge < -0.3 is 16.2 Å². The predicted octanol–water partition coefficient (Wildman–Crippen LogP) is 2.39. The van der Waals surface area contributed by atoms with E-state index in [1.165, 1.54) is 24.3 Å². The molecule has 21 heavy (non-hydrogen) atoms. The highest BCUT2D eigenvalue weighted by Crippen LogP contribution is 2.24. The number of halogens is 1. The molecule has 0 bridgehead atoms. The first kappa shape index (κ1) is 14.8. The van der Waals surface area contributed by atoms with E-state index in [1.54, 1.807) is 12.1 Å². The maximum Gasteiger partial charge on any atom is 0.255 e. The number of phenols is 1. The van der Waals surface area contributed by atoms with Gasteiger partial charge in [0.2, 0.25) is 0 Å². The van der Waals surface area contributed by atoms with Crippen LogP contribution < -0.4 is 11.1 Å². The van der Waals surface area contributed by atoms with Crippen molar-refractivity contribution in [2.75, 3.05) is 12.3 Å². The van der Waals surface area contributed by atoms with Gasteiger partial charge in [-0.1, -0.05) is 12.1 Å². The summed E-state index contributed by atoms with van der Waals surface area (Å²) in [6, 6.07) is 9.19. The molecule has 2 aromatic rings. The SMILES string of the molecule is Cc1cc(F)ccc1CCNC(=O)c1cccc(N)c1O. The lowest BCUT2D eigenvalue weighted by Gasteiger charge is -2.09. The van der Waals surface area contributed by atoms with Gasteiger partial charge in [-0.15, -0.1) is 0 Å². The third kappa shape index (κ3) is 3.51. The number of hydrogen-bond acceptors (Lipinski definition) is 3. The molecule has 4 N–H and O–H groups in total. The molecule has 110 valence electrons. The number of hydrogen-bond donors (Lipinski definition) is 3. The minimum absolute atomic E-state index is 0.144. The van der Waals surface area contributed by atoms with E-state index in [0.717, 1.165) is 11.1 Å². The van der Waals surface area contributed by atoms with Crippen LogP contribution in [0.25, 0.3) is 0 Å². The zero-order chi connectivity index (χ0) is 15.4. The molecule has 2 aromatic carbocycles. The first-order chi connectivity index (χ1) is 9.99. The second kappa shape index (κ2) is 6.26. The zero-order valence-electron chi connectivity index (χ0n) is 11.7. The van der Waals surface area contributed by atoms with E-state index in [0.29, 0.717) is 13.0 Å². The Morgan fingerprint density at radius 1 is 1.33 bits per heavy atom. The first-order valence-corrected chi connectivity index (χ1v) is 6.59. The number of para-hydroxylation sites is 1. The van der Waals surface area contributed by atoms with Gasteiger partial charge in [0.05, 0.1) is 11.3 Å². The summed E-state index contributed by atoms with van der Waals surface area (Å²) in [7, 11) is 0. The predicted molar refractivity (Wildman–Crippen MR) is 79.7 cm³/mol. The van der Waals surface area contributed by atoms with Crippen molar-refractivity contribution >= 4 is 11.6 Å². The van der Waals surface area contributed by atoms with Gasteiger partial charge in [-0.25, -0.2) is 4.39 Å². The third-order valence-electron chi connectivity index (χ3n) is 3.30. The molecule has 5 heteroatoms. The van der Waals surface area contributed by atoms with Crippen LogP contribution in [0.5, 0.6) is 5.75 Å². The Bertz CT molecular complexity index is 671. The molecule has 0 radical (unpaired) electrons. The molecule has 0 aliphatic carbocycles. The van der Waals surface area contributed by atoms with E-state index >= 15 is 0 Å². The van der Waals surface area contributed by atoms with E-state index in [4.69, 9.17) is 5.73 Å². The Hall–Kier alpha value is -2.56. The first-order valence-electron chi connectivity index (χ1n) is 6.59. The maximum absolute atomic E-state index is 13.0. The number of amides is 1. The highest BCUT2D eigenvalue weighted by molar-refractivity contribution is 5.98. The fraction of sp³-hybridized carbons (Fsp3) is 0.188. The molecule has 0 fully saturated rings. The average Bonchev–Trinajstić information content (AvgIpc) is 2.44. The molecule has 4 nitrogen and oxygen atoms in total. The van der Waals surface area contributed by atoms with Crippen LogP contribution in [0, 0.1) is 12.7 Å². The lowest BCUT2D eigenvalue weighted by Crippen LogP contribution is -2.26. The highest BCUT2D eigenvalue weighted by atomic mass is 19.1. The second-order valence-electron chi connectivity index (χ2n) is 4.82. The van der Waals surface area contributed by atoms with Crippen LogP contribution >= 0.6 is 0 Å². The standard InChI is InChI=1S/C16H17FN2O2/c1-10-9-12(17)6-5-11(10)7-8-19-16(21)13-3-2-4-14(18)15(13)20/h2-6,9,20H,7-8,18H2,1H3,(H,19,21). The summed E-state index contributed by atoms with van der Waals surface area (Å²) in [5.74, 6) is -0.877. The van der Waals surface area contributed by atoms with Gasteiger partial charge >= 0.3 is 0 Å². The minimum Gasteiger partial charge on any atom is -0.505 e. The lowest BCUT2D eigenvalue weighted by molar-refractivity contribution is 0.0951. The maximum atomic E-state index is 13.0. The summed E-state index contributed by atoms with van der Waals surface area (Å²) in [6.45, 7) is 2.21. The lowest BCUT2D eigenvalue weighted by atomic mass is 10.1. The smallest absolute Gasteiger partial charge is 0.255 e. The fourth-order valence-corrected chi connectivity index (χ4v) is 2.09. The van der Waals surface area contributed by atoms with Crippen molar-refractivity contribution in [3.8, 4) is 5.75 Å². The summed E-state index contributed by atoms with van der Waals surface area (Å²) in [4.78, 5) is 12.0. The number of carbonyl (C=O) groups excluding carboxylic acids is 1. The van der Waals surface area contributed by atoms with Crippen molar-refractivity contribution in [3.05, 3.63) is 58.9 Å². The third-order valence-corrected chi connectivity index (χ3v) is 3.30. The van der Waals surface area contributed by atoms with E-state index in [1.807, 2.05) is 6.92 Å². The number of anilines is 1. The van der Waals surface area contributed by atoms with Crippen LogP contribution in [-0.4, -0.2) is 17.6 Å². The molecule has 0 spiro atoms. The van der Waals surface area contributed by atoms with Crippen LogP contribution in [0.2, 0.25) is 0 Å². The van der Waals surface area contributed by atoms with Crippen molar-refractivity contribution in [2.45, 2.75) is 13.3 Å². The van der Waals surface area contributed by atoms with Crippen molar-refractivity contribution in [1.82, 2.24) is 5.32 Å². The van der Waals surface area contributed by atoms with Crippen molar-refractivity contribution in [2.24, 2.45) is 0 Å². The van der Waals surface area contributed by atoms with E-state index in [9.17, 15) is 14.3 Å². The normalized spacial score (nSPS) is 10.4. The van der Waals surface area contributed by atoms with Gasteiger partial charge in [0, 0.05) is 6.54 Å². The van der Waals surface area contributed by atoms with Gasteiger partial charge in [-0.05, 0) is 48.7 Å². The number of rotatable bonds is 4. The van der Waals surface area contributed by atoms with Crippen LogP contribution in [0.4, 0.5) is 10.1 Å². The quantitative estimate of drug-likeness (QED) is 0.597. The number of nitrogens with two attached hydrogens (primary N) is 1. The van der Waals surface area contributed by atoms with E-state index in [-0.39, 0.29) is 28.7 Å². The van der Waals surface area contributed by atoms with Gasteiger partial charge in [0.15, 0.2) is 5.75 Å². The Balaban J connectivity index is 1.97. The molecular formula is C16H17FN2O2. The number of carbonyl (C=O) groups is 1. The number of nitrogens with one attached hydrogen (secondary N) is 1. The van der Waals surface area contributed by atoms with Crippen molar-refractivity contribution in [3.63, 3.8) is 0 Å². The van der Waals surface area contributed by atoms with E-state index < -0.39 is 0 Å². The Labute approximate surface area is 122 Å². The van der Waals surface area contributed by atoms with Gasteiger partial charge in [-0.2, -0.15) is 0 Å². The Morgan fingerprint density at radius 2 is 2.10 bits per heavy atom. The number of benzene rings is 2. The molecule has 2 rings (SSSR count).